The van der Waals surface area contributed by atoms with E-state index in [0.29, 0.717) is 39.7 Å². The van der Waals surface area contributed by atoms with E-state index in [1.165, 1.54) is 42.6 Å². The van der Waals surface area contributed by atoms with Gasteiger partial charge in [-0.15, -0.1) is 11.3 Å². The lowest BCUT2D eigenvalue weighted by atomic mass is 10.1. The summed E-state index contributed by atoms with van der Waals surface area (Å²) in [4.78, 5) is 39.6. The SMILES string of the molecule is COc1cc(NC(=O)c2sc3ncnc4c3c2NC(=O)N4c2ccc(F)cc2Cl)ccc1OCCN1CCCCC1. The van der Waals surface area contributed by atoms with Gasteiger partial charge in [0, 0.05) is 18.3 Å². The quantitative estimate of drug-likeness (QED) is 0.246. The molecule has 0 aliphatic carbocycles. The first-order valence-electron chi connectivity index (χ1n) is 13.1. The second kappa shape index (κ2) is 11.5. The van der Waals surface area contributed by atoms with Crippen LogP contribution in [0.4, 0.5) is 32.1 Å². The second-order valence-electron chi connectivity index (χ2n) is 9.62. The van der Waals surface area contributed by atoms with Crippen molar-refractivity contribution in [2.24, 2.45) is 0 Å². The zero-order valence-corrected chi connectivity index (χ0v) is 23.6. The van der Waals surface area contributed by atoms with E-state index in [9.17, 15) is 14.0 Å². The first kappa shape index (κ1) is 27.2. The molecule has 0 saturated carbocycles. The molecule has 6 rings (SSSR count). The van der Waals surface area contributed by atoms with Gasteiger partial charge in [0.1, 0.15) is 28.5 Å². The summed E-state index contributed by atoms with van der Waals surface area (Å²) in [6, 6.07) is 8.30. The number of carbonyl (C=O) groups excluding carboxylic acids is 2. The fourth-order valence-electron chi connectivity index (χ4n) is 5.03. The summed E-state index contributed by atoms with van der Waals surface area (Å²) < 4.78 is 25.1. The number of hydrogen-bond donors (Lipinski definition) is 2. The maximum atomic E-state index is 13.7. The summed E-state index contributed by atoms with van der Waals surface area (Å²) in [6.45, 7) is 3.57. The third-order valence-corrected chi connectivity index (χ3v) is 8.41. The number of rotatable bonds is 8. The zero-order chi connectivity index (χ0) is 28.5. The second-order valence-corrected chi connectivity index (χ2v) is 11.0. The Bertz CT molecular complexity index is 1640. The number of nitrogens with zero attached hydrogens (tertiary/aromatic N) is 4. The molecule has 0 atom stereocenters. The number of urea groups is 1. The van der Waals surface area contributed by atoms with Crippen LogP contribution in [0.2, 0.25) is 5.02 Å². The predicted molar refractivity (Wildman–Crippen MR) is 157 cm³/mol. The number of thiophene rings is 1. The summed E-state index contributed by atoms with van der Waals surface area (Å²) >= 11 is 7.36. The molecule has 2 aromatic carbocycles. The smallest absolute Gasteiger partial charge is 0.332 e. The molecule has 2 N–H and O–H groups in total. The molecule has 2 aliphatic heterocycles. The van der Waals surface area contributed by atoms with Crippen LogP contribution in [0.25, 0.3) is 10.2 Å². The first-order chi connectivity index (χ1) is 19.9. The number of benzene rings is 2. The summed E-state index contributed by atoms with van der Waals surface area (Å²) in [6.07, 6.45) is 5.03. The maximum absolute atomic E-state index is 13.7. The van der Waals surface area contributed by atoms with Gasteiger partial charge in [-0.2, -0.15) is 0 Å². The lowest BCUT2D eigenvalue weighted by molar-refractivity contribution is 0.103. The largest absolute Gasteiger partial charge is 0.493 e. The number of piperidine rings is 1. The molecule has 3 amide bonds. The van der Waals surface area contributed by atoms with Crippen molar-refractivity contribution in [3.63, 3.8) is 0 Å². The highest BCUT2D eigenvalue weighted by molar-refractivity contribution is 7.21. The number of amides is 3. The number of anilines is 4. The Morgan fingerprint density at radius 2 is 1.98 bits per heavy atom. The number of halogens is 2. The van der Waals surface area contributed by atoms with Crippen LogP contribution in [0.15, 0.2) is 42.7 Å². The van der Waals surface area contributed by atoms with Crippen LogP contribution in [-0.2, 0) is 0 Å². The van der Waals surface area contributed by atoms with Crippen molar-refractivity contribution in [3.8, 4) is 11.5 Å². The van der Waals surface area contributed by atoms with Crippen LogP contribution in [0.5, 0.6) is 11.5 Å². The summed E-state index contributed by atoms with van der Waals surface area (Å²) in [5, 5.41) is 6.16. The Balaban J connectivity index is 1.23. The highest BCUT2D eigenvalue weighted by Crippen LogP contribution is 2.46. The van der Waals surface area contributed by atoms with Crippen LogP contribution >= 0.6 is 22.9 Å². The summed E-state index contributed by atoms with van der Waals surface area (Å²) in [5.41, 5.74) is 1.04. The topological polar surface area (TPSA) is 109 Å². The van der Waals surface area contributed by atoms with Gasteiger partial charge in [0.2, 0.25) is 0 Å². The normalized spacial score (nSPS) is 15.1. The van der Waals surface area contributed by atoms with Gasteiger partial charge in [-0.1, -0.05) is 18.0 Å². The number of nitrogens with one attached hydrogen (secondary N) is 2. The molecule has 0 bridgehead atoms. The van der Waals surface area contributed by atoms with Gasteiger partial charge < -0.3 is 20.1 Å². The van der Waals surface area contributed by atoms with E-state index in [0.717, 1.165) is 37.0 Å². The van der Waals surface area contributed by atoms with Gasteiger partial charge in [0.15, 0.2) is 17.3 Å². The Labute approximate surface area is 244 Å². The highest BCUT2D eigenvalue weighted by atomic mass is 35.5. The molecular formula is C28H26ClFN6O4S. The van der Waals surface area contributed by atoms with Crippen LogP contribution < -0.4 is 25.0 Å². The Hall–Kier alpha value is -4.00. The molecule has 4 heterocycles. The number of hydrogen-bond acceptors (Lipinski definition) is 8. The fraction of sp³-hybridized carbons (Fsp3) is 0.286. The molecule has 2 aromatic heterocycles. The summed E-state index contributed by atoms with van der Waals surface area (Å²) in [7, 11) is 1.55. The maximum Gasteiger partial charge on any atom is 0.332 e. The van der Waals surface area contributed by atoms with Crippen molar-refractivity contribution in [3.05, 3.63) is 58.4 Å². The van der Waals surface area contributed by atoms with Crippen LogP contribution in [-0.4, -0.2) is 60.2 Å². The van der Waals surface area contributed by atoms with Gasteiger partial charge in [-0.25, -0.2) is 24.1 Å². The zero-order valence-electron chi connectivity index (χ0n) is 22.1. The molecule has 0 spiro atoms. The molecular weight excluding hydrogens is 571 g/mol. The van der Waals surface area contributed by atoms with E-state index in [1.807, 2.05) is 0 Å². The van der Waals surface area contributed by atoms with Gasteiger partial charge >= 0.3 is 6.03 Å². The monoisotopic (exact) mass is 596 g/mol. The Kier molecular flexibility index (Phi) is 7.61. The lowest BCUT2D eigenvalue weighted by Crippen LogP contribution is -2.35. The van der Waals surface area contributed by atoms with Crippen molar-refractivity contribution >= 4 is 68.0 Å². The third kappa shape index (κ3) is 5.37. The Morgan fingerprint density at radius 1 is 1.15 bits per heavy atom. The van der Waals surface area contributed by atoms with Crippen molar-refractivity contribution in [2.45, 2.75) is 19.3 Å². The molecule has 212 valence electrons. The molecule has 0 radical (unpaired) electrons. The molecule has 1 fully saturated rings. The molecule has 0 unspecified atom stereocenters. The van der Waals surface area contributed by atoms with Crippen molar-refractivity contribution < 1.29 is 23.5 Å². The Morgan fingerprint density at radius 3 is 2.76 bits per heavy atom. The average molecular weight is 597 g/mol. The minimum Gasteiger partial charge on any atom is -0.493 e. The number of carbonyl (C=O) groups is 2. The van der Waals surface area contributed by atoms with Crippen molar-refractivity contribution in [1.82, 2.24) is 14.9 Å². The lowest BCUT2D eigenvalue weighted by Gasteiger charge is -2.27. The van der Waals surface area contributed by atoms with E-state index in [4.69, 9.17) is 21.1 Å². The fourth-order valence-corrected chi connectivity index (χ4v) is 6.27. The van der Waals surface area contributed by atoms with E-state index in [1.54, 1.807) is 25.3 Å². The van der Waals surface area contributed by atoms with Crippen molar-refractivity contribution in [2.75, 3.05) is 48.9 Å². The van der Waals surface area contributed by atoms with E-state index in [-0.39, 0.29) is 21.4 Å². The number of ether oxygens (including phenoxy) is 2. The third-order valence-electron chi connectivity index (χ3n) is 7.01. The number of likely N-dealkylation sites (tertiary alicyclic amines) is 1. The minimum atomic E-state index is -0.591. The molecule has 2 aliphatic rings. The standard InChI is InChI=1S/C28H26ClFN6O4S/c1-39-21-14-17(6-8-20(21)40-12-11-35-9-3-2-4-10-35)33-26(37)24-23-22-25(31-15-32-27(22)41-24)36(28(38)34-23)19-7-5-16(30)13-18(19)29/h5-8,13-15H,2-4,9-12H2,1H3,(H,33,37)(H,34,38). The highest BCUT2D eigenvalue weighted by Gasteiger charge is 2.34. The van der Waals surface area contributed by atoms with E-state index < -0.39 is 17.8 Å². The van der Waals surface area contributed by atoms with Crippen LogP contribution in [0, 0.1) is 5.82 Å². The van der Waals surface area contributed by atoms with Gasteiger partial charge in [-0.3, -0.25) is 9.69 Å². The summed E-state index contributed by atoms with van der Waals surface area (Å²) in [5.74, 6) is 0.347. The average Bonchev–Trinajstić information content (AvgIpc) is 3.34. The van der Waals surface area contributed by atoms with Gasteiger partial charge in [-0.05, 0) is 56.3 Å². The minimum absolute atomic E-state index is 0.0384. The van der Waals surface area contributed by atoms with E-state index in [2.05, 4.69) is 25.5 Å². The molecule has 4 aromatic rings. The molecule has 1 saturated heterocycles. The molecule has 10 nitrogen and oxygen atoms in total. The van der Waals surface area contributed by atoms with Crippen LogP contribution in [0.3, 0.4) is 0 Å². The van der Waals surface area contributed by atoms with Crippen LogP contribution in [0.1, 0.15) is 28.9 Å². The van der Waals surface area contributed by atoms with Gasteiger partial charge in [0.25, 0.3) is 5.91 Å². The number of aromatic nitrogens is 2. The van der Waals surface area contributed by atoms with E-state index >= 15 is 0 Å². The van der Waals surface area contributed by atoms with Gasteiger partial charge in [0.05, 0.1) is 28.9 Å². The molecule has 41 heavy (non-hydrogen) atoms. The van der Waals surface area contributed by atoms with Crippen molar-refractivity contribution in [1.29, 1.82) is 0 Å². The number of methoxy groups -OCH3 is 1. The first-order valence-corrected chi connectivity index (χ1v) is 14.3. The predicted octanol–water partition coefficient (Wildman–Crippen LogP) is 6.29. The molecule has 13 heteroatoms.